The largest absolute Gasteiger partial charge is 0.338 e. The van der Waals surface area contributed by atoms with E-state index < -0.39 is 0 Å². The highest BCUT2D eigenvalue weighted by Gasteiger charge is 2.14. The van der Waals surface area contributed by atoms with Gasteiger partial charge >= 0.3 is 0 Å². The normalized spacial score (nSPS) is 16.7. The summed E-state index contributed by atoms with van der Waals surface area (Å²) in [7, 11) is 0. The monoisotopic (exact) mass is 164 g/mol. The van der Waals surface area contributed by atoms with Crippen LogP contribution in [0.25, 0.3) is 0 Å². The van der Waals surface area contributed by atoms with Crippen molar-refractivity contribution in [2.24, 2.45) is 0 Å². The molecule has 0 aromatic heterocycles. The van der Waals surface area contributed by atoms with Crippen LogP contribution in [0.2, 0.25) is 0 Å². The van der Waals surface area contributed by atoms with Gasteiger partial charge in [-0.05, 0) is 13.3 Å². The highest BCUT2D eigenvalue weighted by atomic mass is 16.2. The van der Waals surface area contributed by atoms with E-state index in [0.29, 0.717) is 6.54 Å². The second kappa shape index (κ2) is 3.91. The van der Waals surface area contributed by atoms with Gasteiger partial charge in [-0.3, -0.25) is 4.79 Å². The minimum absolute atomic E-state index is 0.00683. The maximum atomic E-state index is 11.2. The average molecular weight is 164 g/mol. The lowest BCUT2D eigenvalue weighted by atomic mass is 10.1. The molecule has 0 atom stereocenters. The predicted octanol–water partition coefficient (Wildman–Crippen LogP) is 1.08. The average Bonchev–Trinajstić information content (AvgIpc) is 2.06. The SMILES string of the molecule is CC1=CCN(C(=O)CC#N)CC1. The van der Waals surface area contributed by atoms with Crippen LogP contribution in [0, 0.1) is 11.3 Å². The molecule has 1 aliphatic heterocycles. The minimum Gasteiger partial charge on any atom is -0.338 e. The van der Waals surface area contributed by atoms with Crippen LogP contribution >= 0.6 is 0 Å². The third-order valence-electron chi connectivity index (χ3n) is 2.02. The molecular weight excluding hydrogens is 152 g/mol. The highest BCUT2D eigenvalue weighted by Crippen LogP contribution is 2.09. The Balaban J connectivity index is 2.47. The van der Waals surface area contributed by atoms with E-state index in [2.05, 4.69) is 6.92 Å². The molecule has 1 heterocycles. The number of amides is 1. The zero-order valence-electron chi connectivity index (χ0n) is 7.21. The molecule has 0 radical (unpaired) electrons. The first-order valence-corrected chi connectivity index (χ1v) is 4.04. The first kappa shape index (κ1) is 8.79. The quantitative estimate of drug-likeness (QED) is 0.544. The zero-order valence-corrected chi connectivity index (χ0v) is 7.21. The Labute approximate surface area is 72.3 Å². The van der Waals surface area contributed by atoms with E-state index in [1.165, 1.54) is 5.57 Å². The van der Waals surface area contributed by atoms with Gasteiger partial charge in [0.1, 0.15) is 6.42 Å². The maximum Gasteiger partial charge on any atom is 0.237 e. The molecule has 0 saturated heterocycles. The Morgan fingerprint density at radius 1 is 1.83 bits per heavy atom. The molecule has 0 aliphatic carbocycles. The van der Waals surface area contributed by atoms with E-state index in [1.54, 1.807) is 4.90 Å². The van der Waals surface area contributed by atoms with Crippen molar-refractivity contribution in [1.29, 1.82) is 5.26 Å². The molecule has 1 rings (SSSR count). The minimum atomic E-state index is -0.0544. The lowest BCUT2D eigenvalue weighted by Crippen LogP contribution is -2.34. The first-order chi connectivity index (χ1) is 5.74. The molecule has 0 unspecified atom stereocenters. The summed E-state index contributed by atoms with van der Waals surface area (Å²) < 4.78 is 0. The highest BCUT2D eigenvalue weighted by molar-refractivity contribution is 5.78. The van der Waals surface area contributed by atoms with Crippen LogP contribution in [0.1, 0.15) is 19.8 Å². The molecule has 3 nitrogen and oxygen atoms in total. The lowest BCUT2D eigenvalue weighted by molar-refractivity contribution is -0.129. The molecule has 3 heteroatoms. The van der Waals surface area contributed by atoms with Crippen molar-refractivity contribution in [3.05, 3.63) is 11.6 Å². The summed E-state index contributed by atoms with van der Waals surface area (Å²) in [6.07, 6.45) is 2.99. The van der Waals surface area contributed by atoms with E-state index in [4.69, 9.17) is 5.26 Å². The summed E-state index contributed by atoms with van der Waals surface area (Å²) in [4.78, 5) is 12.9. The third kappa shape index (κ3) is 2.09. The van der Waals surface area contributed by atoms with Crippen LogP contribution < -0.4 is 0 Å². The van der Waals surface area contributed by atoms with Gasteiger partial charge in [0.15, 0.2) is 0 Å². The number of nitrogens with zero attached hydrogens (tertiary/aromatic N) is 2. The van der Waals surface area contributed by atoms with Crippen molar-refractivity contribution >= 4 is 5.91 Å². The molecule has 1 amide bonds. The van der Waals surface area contributed by atoms with Crippen molar-refractivity contribution < 1.29 is 4.79 Å². The number of hydrogen-bond acceptors (Lipinski definition) is 2. The molecule has 0 fully saturated rings. The van der Waals surface area contributed by atoms with Gasteiger partial charge in [-0.2, -0.15) is 5.26 Å². The Bertz CT molecular complexity index is 250. The van der Waals surface area contributed by atoms with Crippen molar-refractivity contribution in [1.82, 2.24) is 4.90 Å². The number of nitriles is 1. The van der Waals surface area contributed by atoms with Gasteiger partial charge < -0.3 is 4.90 Å². The summed E-state index contributed by atoms with van der Waals surface area (Å²) in [6, 6.07) is 1.86. The molecule has 12 heavy (non-hydrogen) atoms. The van der Waals surface area contributed by atoms with E-state index >= 15 is 0 Å². The summed E-state index contributed by atoms with van der Waals surface area (Å²) in [5.74, 6) is -0.0544. The lowest BCUT2D eigenvalue weighted by Gasteiger charge is -2.24. The maximum absolute atomic E-state index is 11.2. The topological polar surface area (TPSA) is 44.1 Å². The molecule has 0 saturated carbocycles. The summed E-state index contributed by atoms with van der Waals surface area (Å²) in [6.45, 7) is 3.50. The molecule has 0 aromatic carbocycles. The molecular formula is C9H12N2O. The molecule has 0 N–H and O–H groups in total. The van der Waals surface area contributed by atoms with Crippen LogP contribution in [0.5, 0.6) is 0 Å². The van der Waals surface area contributed by atoms with Gasteiger partial charge in [-0.25, -0.2) is 0 Å². The number of rotatable bonds is 1. The number of carbonyl (C=O) groups excluding carboxylic acids is 1. The number of hydrogen-bond donors (Lipinski definition) is 0. The summed E-state index contributed by atoms with van der Waals surface area (Å²) in [5.41, 5.74) is 1.33. The zero-order chi connectivity index (χ0) is 8.97. The molecule has 1 aliphatic rings. The van der Waals surface area contributed by atoms with Crippen molar-refractivity contribution in [2.45, 2.75) is 19.8 Å². The van der Waals surface area contributed by atoms with Gasteiger partial charge in [0.25, 0.3) is 0 Å². The van der Waals surface area contributed by atoms with E-state index in [0.717, 1.165) is 13.0 Å². The Morgan fingerprint density at radius 3 is 3.08 bits per heavy atom. The van der Waals surface area contributed by atoms with E-state index in [1.807, 2.05) is 12.1 Å². The second-order valence-electron chi connectivity index (χ2n) is 2.98. The number of carbonyl (C=O) groups is 1. The van der Waals surface area contributed by atoms with Crippen LogP contribution in [-0.2, 0) is 4.79 Å². The molecule has 0 bridgehead atoms. The van der Waals surface area contributed by atoms with Gasteiger partial charge in [0.2, 0.25) is 5.91 Å². The van der Waals surface area contributed by atoms with Gasteiger partial charge in [0, 0.05) is 13.1 Å². The Kier molecular flexibility index (Phi) is 2.87. The van der Waals surface area contributed by atoms with Crippen LogP contribution in [0.3, 0.4) is 0 Å². The first-order valence-electron chi connectivity index (χ1n) is 4.04. The van der Waals surface area contributed by atoms with E-state index in [-0.39, 0.29) is 12.3 Å². The van der Waals surface area contributed by atoms with Crippen molar-refractivity contribution in [2.75, 3.05) is 13.1 Å². The third-order valence-corrected chi connectivity index (χ3v) is 2.02. The smallest absolute Gasteiger partial charge is 0.237 e. The van der Waals surface area contributed by atoms with Gasteiger partial charge in [0.05, 0.1) is 6.07 Å². The van der Waals surface area contributed by atoms with Crippen molar-refractivity contribution in [3.8, 4) is 6.07 Å². The summed E-state index contributed by atoms with van der Waals surface area (Å²) in [5, 5.41) is 8.31. The Hall–Kier alpha value is -1.30. The van der Waals surface area contributed by atoms with Crippen molar-refractivity contribution in [3.63, 3.8) is 0 Å². The summed E-state index contributed by atoms with van der Waals surface area (Å²) >= 11 is 0. The van der Waals surface area contributed by atoms with Gasteiger partial charge in [-0.1, -0.05) is 11.6 Å². The van der Waals surface area contributed by atoms with Crippen LogP contribution in [-0.4, -0.2) is 23.9 Å². The second-order valence-corrected chi connectivity index (χ2v) is 2.98. The fourth-order valence-electron chi connectivity index (χ4n) is 1.18. The van der Waals surface area contributed by atoms with E-state index in [9.17, 15) is 4.79 Å². The predicted molar refractivity (Wildman–Crippen MR) is 45.2 cm³/mol. The van der Waals surface area contributed by atoms with Crippen LogP contribution in [0.15, 0.2) is 11.6 Å². The van der Waals surface area contributed by atoms with Gasteiger partial charge in [-0.15, -0.1) is 0 Å². The standard InChI is InChI=1S/C9H12N2O/c1-8-3-6-11(7-4-8)9(12)2-5-10/h3H,2,4,6-7H2,1H3. The Morgan fingerprint density at radius 2 is 2.58 bits per heavy atom. The van der Waals surface area contributed by atoms with Crippen LogP contribution in [0.4, 0.5) is 0 Å². The fourth-order valence-corrected chi connectivity index (χ4v) is 1.18. The molecule has 64 valence electrons. The fraction of sp³-hybridized carbons (Fsp3) is 0.556. The molecule has 0 spiro atoms. The molecule has 0 aromatic rings.